The second-order valence-corrected chi connectivity index (χ2v) is 5.37. The van der Waals surface area contributed by atoms with Crippen molar-refractivity contribution < 1.29 is 8.42 Å². The number of nitrogens with one attached hydrogen (secondary N) is 1. The maximum absolute atomic E-state index is 12.1. The summed E-state index contributed by atoms with van der Waals surface area (Å²) >= 11 is 0. The summed E-state index contributed by atoms with van der Waals surface area (Å²) in [6.45, 7) is 0. The summed E-state index contributed by atoms with van der Waals surface area (Å²) in [5, 5.41) is 8.61. The second kappa shape index (κ2) is 4.96. The number of nitrogens with two attached hydrogens (primary N) is 1. The first-order valence-electron chi connectivity index (χ1n) is 5.26. The van der Waals surface area contributed by atoms with Crippen LogP contribution in [0.2, 0.25) is 0 Å². The van der Waals surface area contributed by atoms with E-state index in [-0.39, 0.29) is 10.6 Å². The lowest BCUT2D eigenvalue weighted by molar-refractivity contribution is 0.601. The van der Waals surface area contributed by atoms with E-state index in [0.717, 1.165) is 6.20 Å². The van der Waals surface area contributed by atoms with Crippen LogP contribution in [0.1, 0.15) is 5.69 Å². The minimum Gasteiger partial charge on any atom is -0.397 e. The molecule has 0 atom stereocenters. The number of benzene rings is 1. The lowest BCUT2D eigenvalue weighted by atomic mass is 10.3. The first-order chi connectivity index (χ1) is 9.03. The van der Waals surface area contributed by atoms with Gasteiger partial charge in [-0.15, -0.1) is 0 Å². The molecule has 0 aliphatic rings. The average molecular weight is 274 g/mol. The zero-order chi connectivity index (χ0) is 13.9. The molecule has 0 aliphatic carbocycles. The molecule has 7 heteroatoms. The van der Waals surface area contributed by atoms with E-state index in [1.165, 1.54) is 12.1 Å². The van der Waals surface area contributed by atoms with Crippen LogP contribution < -0.4 is 10.5 Å². The van der Waals surface area contributed by atoms with Gasteiger partial charge in [-0.2, -0.15) is 5.26 Å². The van der Waals surface area contributed by atoms with E-state index in [2.05, 4.69) is 9.71 Å². The maximum atomic E-state index is 12.1. The van der Waals surface area contributed by atoms with Gasteiger partial charge in [0.25, 0.3) is 10.0 Å². The third-order valence-corrected chi connectivity index (χ3v) is 3.72. The molecular weight excluding hydrogens is 264 g/mol. The molecule has 1 aromatic carbocycles. The van der Waals surface area contributed by atoms with Gasteiger partial charge in [0.2, 0.25) is 0 Å². The predicted octanol–water partition coefficient (Wildman–Crippen LogP) is 1.34. The van der Waals surface area contributed by atoms with Gasteiger partial charge < -0.3 is 5.73 Å². The van der Waals surface area contributed by atoms with Crippen molar-refractivity contribution >= 4 is 21.4 Å². The summed E-state index contributed by atoms with van der Waals surface area (Å²) in [5.41, 5.74) is 6.44. The molecule has 19 heavy (non-hydrogen) atoms. The SMILES string of the molecule is N#Cc1ccc(S(=O)(=O)Nc2ccccc2N)cn1. The Hall–Kier alpha value is -2.59. The first kappa shape index (κ1) is 12.9. The van der Waals surface area contributed by atoms with Crippen molar-refractivity contribution in [2.45, 2.75) is 4.90 Å². The number of anilines is 2. The highest BCUT2D eigenvalue weighted by atomic mass is 32.2. The van der Waals surface area contributed by atoms with Crippen molar-refractivity contribution in [3.63, 3.8) is 0 Å². The quantitative estimate of drug-likeness (QED) is 0.821. The van der Waals surface area contributed by atoms with Crippen LogP contribution in [0.4, 0.5) is 11.4 Å². The Morgan fingerprint density at radius 1 is 1.21 bits per heavy atom. The normalized spacial score (nSPS) is 10.7. The number of rotatable bonds is 3. The number of nitrogens with zero attached hydrogens (tertiary/aromatic N) is 2. The zero-order valence-corrected chi connectivity index (χ0v) is 10.6. The van der Waals surface area contributed by atoms with Crippen LogP contribution in [0.5, 0.6) is 0 Å². The fourth-order valence-electron chi connectivity index (χ4n) is 1.40. The molecule has 96 valence electrons. The molecule has 0 bridgehead atoms. The van der Waals surface area contributed by atoms with Crippen LogP contribution in [0.15, 0.2) is 47.5 Å². The molecule has 2 rings (SSSR count). The van der Waals surface area contributed by atoms with E-state index in [9.17, 15) is 8.42 Å². The molecule has 2 aromatic rings. The number of nitrogen functional groups attached to an aromatic ring is 1. The molecule has 0 radical (unpaired) electrons. The van der Waals surface area contributed by atoms with E-state index in [0.29, 0.717) is 11.4 Å². The summed E-state index contributed by atoms with van der Waals surface area (Å²) in [6, 6.07) is 11.0. The summed E-state index contributed by atoms with van der Waals surface area (Å²) in [4.78, 5) is 3.68. The van der Waals surface area contributed by atoms with Crippen LogP contribution in [0.25, 0.3) is 0 Å². The van der Waals surface area contributed by atoms with Crippen molar-refractivity contribution in [1.29, 1.82) is 5.26 Å². The van der Waals surface area contributed by atoms with Crippen LogP contribution in [0, 0.1) is 11.3 Å². The molecular formula is C12H10N4O2S. The standard InChI is InChI=1S/C12H10N4O2S/c13-7-9-5-6-10(8-15-9)19(17,18)16-12-4-2-1-3-11(12)14/h1-6,8,16H,14H2. The van der Waals surface area contributed by atoms with Gasteiger partial charge in [-0.25, -0.2) is 13.4 Å². The van der Waals surface area contributed by atoms with Crippen molar-refractivity contribution in [3.8, 4) is 6.07 Å². The van der Waals surface area contributed by atoms with E-state index in [4.69, 9.17) is 11.0 Å². The number of pyridine rings is 1. The van der Waals surface area contributed by atoms with Crippen LogP contribution in [0.3, 0.4) is 0 Å². The molecule has 0 saturated carbocycles. The Bertz CT molecular complexity index is 733. The van der Waals surface area contributed by atoms with Crippen LogP contribution in [-0.2, 0) is 10.0 Å². The lowest BCUT2D eigenvalue weighted by Gasteiger charge is -2.09. The molecule has 3 N–H and O–H groups in total. The fourth-order valence-corrected chi connectivity index (χ4v) is 2.43. The van der Waals surface area contributed by atoms with Crippen molar-refractivity contribution in [2.24, 2.45) is 0 Å². The van der Waals surface area contributed by atoms with Gasteiger partial charge in [0, 0.05) is 6.20 Å². The van der Waals surface area contributed by atoms with Crippen molar-refractivity contribution in [3.05, 3.63) is 48.3 Å². The topological polar surface area (TPSA) is 109 Å². The zero-order valence-electron chi connectivity index (χ0n) is 9.74. The third-order valence-electron chi connectivity index (χ3n) is 2.37. The molecule has 0 aliphatic heterocycles. The Kier molecular flexibility index (Phi) is 3.35. The van der Waals surface area contributed by atoms with E-state index in [1.807, 2.05) is 6.07 Å². The molecule has 0 saturated heterocycles. The summed E-state index contributed by atoms with van der Waals surface area (Å²) < 4.78 is 26.5. The van der Waals surface area contributed by atoms with Gasteiger partial charge in [0.05, 0.1) is 11.4 Å². The Labute approximate surface area is 110 Å². The molecule has 0 amide bonds. The molecule has 0 fully saturated rings. The van der Waals surface area contributed by atoms with Gasteiger partial charge in [0.15, 0.2) is 0 Å². The van der Waals surface area contributed by atoms with Crippen LogP contribution in [-0.4, -0.2) is 13.4 Å². The van der Waals surface area contributed by atoms with Crippen LogP contribution >= 0.6 is 0 Å². The van der Waals surface area contributed by atoms with Crippen molar-refractivity contribution in [1.82, 2.24) is 4.98 Å². The summed E-state index contributed by atoms with van der Waals surface area (Å²) in [6.07, 6.45) is 1.13. The summed E-state index contributed by atoms with van der Waals surface area (Å²) in [5.74, 6) is 0. The first-order valence-corrected chi connectivity index (χ1v) is 6.75. The second-order valence-electron chi connectivity index (χ2n) is 3.68. The Balaban J connectivity index is 2.33. The van der Waals surface area contributed by atoms with E-state index in [1.54, 1.807) is 24.3 Å². The van der Waals surface area contributed by atoms with Gasteiger partial charge in [0.1, 0.15) is 16.7 Å². The predicted molar refractivity (Wildman–Crippen MR) is 70.6 cm³/mol. The number of para-hydroxylation sites is 2. The molecule has 1 heterocycles. The summed E-state index contributed by atoms with van der Waals surface area (Å²) in [7, 11) is -3.76. The smallest absolute Gasteiger partial charge is 0.263 e. The number of hydrogen-bond donors (Lipinski definition) is 2. The maximum Gasteiger partial charge on any atom is 0.263 e. The molecule has 6 nitrogen and oxygen atoms in total. The number of nitriles is 1. The molecule has 1 aromatic heterocycles. The largest absolute Gasteiger partial charge is 0.397 e. The highest BCUT2D eigenvalue weighted by Crippen LogP contribution is 2.21. The Morgan fingerprint density at radius 3 is 2.53 bits per heavy atom. The third kappa shape index (κ3) is 2.81. The average Bonchev–Trinajstić information content (AvgIpc) is 2.41. The van der Waals surface area contributed by atoms with Gasteiger partial charge >= 0.3 is 0 Å². The minimum atomic E-state index is -3.76. The number of sulfonamides is 1. The van der Waals surface area contributed by atoms with E-state index < -0.39 is 10.0 Å². The monoisotopic (exact) mass is 274 g/mol. The van der Waals surface area contributed by atoms with Gasteiger partial charge in [-0.1, -0.05) is 12.1 Å². The van der Waals surface area contributed by atoms with E-state index >= 15 is 0 Å². The lowest BCUT2D eigenvalue weighted by Crippen LogP contribution is -2.14. The Morgan fingerprint density at radius 2 is 1.95 bits per heavy atom. The van der Waals surface area contributed by atoms with Crippen molar-refractivity contribution in [2.75, 3.05) is 10.5 Å². The van der Waals surface area contributed by atoms with Gasteiger partial charge in [-0.3, -0.25) is 4.72 Å². The number of aromatic nitrogens is 1. The molecule has 0 spiro atoms. The highest BCUT2D eigenvalue weighted by Gasteiger charge is 2.15. The fraction of sp³-hybridized carbons (Fsp3) is 0. The number of hydrogen-bond acceptors (Lipinski definition) is 5. The van der Waals surface area contributed by atoms with Gasteiger partial charge in [-0.05, 0) is 24.3 Å². The highest BCUT2D eigenvalue weighted by molar-refractivity contribution is 7.92. The molecule has 0 unspecified atom stereocenters. The minimum absolute atomic E-state index is 0.0326.